The highest BCUT2D eigenvalue weighted by molar-refractivity contribution is 7.51. The second-order valence-electron chi connectivity index (χ2n) is 2.67. The van der Waals surface area contributed by atoms with E-state index >= 15 is 0 Å². The lowest BCUT2D eigenvalue weighted by atomic mass is 10.2. The zero-order valence-corrected chi connectivity index (χ0v) is 8.00. The highest BCUT2D eigenvalue weighted by Crippen LogP contribution is 2.37. The predicted molar refractivity (Wildman–Crippen MR) is 46.9 cm³/mol. The summed E-state index contributed by atoms with van der Waals surface area (Å²) in [5, 5.41) is 0. The molecule has 0 radical (unpaired) electrons. The highest BCUT2D eigenvalue weighted by atomic mass is 31.2. The van der Waals surface area contributed by atoms with Crippen molar-refractivity contribution in [2.75, 3.05) is 6.66 Å². The molecule has 0 spiro atoms. The SMILES string of the molecule is CP(=O)(O)OCc1ccccc1F. The van der Waals surface area contributed by atoms with E-state index in [1.807, 2.05) is 0 Å². The van der Waals surface area contributed by atoms with Crippen LogP contribution in [0.25, 0.3) is 0 Å². The molecule has 0 aliphatic carbocycles. The van der Waals surface area contributed by atoms with Gasteiger partial charge in [-0.3, -0.25) is 4.57 Å². The molecule has 0 saturated heterocycles. The molecule has 0 bridgehead atoms. The topological polar surface area (TPSA) is 46.5 Å². The summed E-state index contributed by atoms with van der Waals surface area (Å²) >= 11 is 0. The Morgan fingerprint density at radius 3 is 2.69 bits per heavy atom. The summed E-state index contributed by atoms with van der Waals surface area (Å²) in [7, 11) is -3.52. The van der Waals surface area contributed by atoms with Crippen LogP contribution in [0, 0.1) is 5.82 Å². The molecule has 1 aromatic rings. The number of hydrogen-bond donors (Lipinski definition) is 1. The van der Waals surface area contributed by atoms with Crippen molar-refractivity contribution in [2.24, 2.45) is 0 Å². The van der Waals surface area contributed by atoms with Crippen molar-refractivity contribution in [2.45, 2.75) is 6.61 Å². The molecular weight excluding hydrogens is 194 g/mol. The van der Waals surface area contributed by atoms with Crippen molar-refractivity contribution < 1.29 is 18.4 Å². The van der Waals surface area contributed by atoms with Gasteiger partial charge in [0, 0.05) is 12.2 Å². The predicted octanol–water partition coefficient (Wildman–Crippen LogP) is 2.16. The molecule has 1 rings (SSSR count). The summed E-state index contributed by atoms with van der Waals surface area (Å²) in [5.74, 6) is -0.434. The molecule has 1 unspecified atom stereocenters. The number of hydrogen-bond acceptors (Lipinski definition) is 2. The van der Waals surface area contributed by atoms with Crippen molar-refractivity contribution in [1.82, 2.24) is 0 Å². The van der Waals surface area contributed by atoms with Crippen LogP contribution in [0.4, 0.5) is 4.39 Å². The summed E-state index contributed by atoms with van der Waals surface area (Å²) in [4.78, 5) is 8.78. The van der Waals surface area contributed by atoms with Crippen molar-refractivity contribution in [1.29, 1.82) is 0 Å². The van der Waals surface area contributed by atoms with Crippen LogP contribution in [0.5, 0.6) is 0 Å². The minimum atomic E-state index is -3.52. The van der Waals surface area contributed by atoms with Gasteiger partial charge in [-0.1, -0.05) is 18.2 Å². The number of benzene rings is 1. The summed E-state index contributed by atoms with van der Waals surface area (Å²) in [5.41, 5.74) is 0.277. The number of halogens is 1. The Morgan fingerprint density at radius 2 is 2.15 bits per heavy atom. The lowest BCUT2D eigenvalue weighted by Gasteiger charge is -2.06. The summed E-state index contributed by atoms with van der Waals surface area (Å²) < 4.78 is 28.2. The lowest BCUT2D eigenvalue weighted by Crippen LogP contribution is -1.93. The fraction of sp³-hybridized carbons (Fsp3) is 0.250. The van der Waals surface area contributed by atoms with Crippen molar-refractivity contribution in [3.8, 4) is 0 Å². The van der Waals surface area contributed by atoms with E-state index in [1.54, 1.807) is 12.1 Å². The molecule has 1 N–H and O–H groups in total. The molecule has 0 aliphatic heterocycles. The van der Waals surface area contributed by atoms with E-state index in [2.05, 4.69) is 4.52 Å². The number of rotatable bonds is 3. The van der Waals surface area contributed by atoms with Crippen LogP contribution in [-0.2, 0) is 15.7 Å². The molecule has 1 atom stereocenters. The van der Waals surface area contributed by atoms with Crippen LogP contribution < -0.4 is 0 Å². The van der Waals surface area contributed by atoms with Crippen LogP contribution in [0.1, 0.15) is 5.56 Å². The maximum absolute atomic E-state index is 12.9. The fourth-order valence-corrected chi connectivity index (χ4v) is 1.18. The molecular formula is C8H10FO3P. The summed E-state index contributed by atoms with van der Waals surface area (Å²) in [6.45, 7) is 0.880. The average Bonchev–Trinajstić information content (AvgIpc) is 2.01. The molecule has 3 nitrogen and oxygen atoms in total. The van der Waals surface area contributed by atoms with Gasteiger partial charge in [-0.2, -0.15) is 0 Å². The Kier molecular flexibility index (Phi) is 3.20. The second kappa shape index (κ2) is 4.01. The van der Waals surface area contributed by atoms with Gasteiger partial charge >= 0.3 is 7.60 Å². The standard InChI is InChI=1S/C8H10FO3P/c1-13(10,11)12-6-7-4-2-3-5-8(7)9/h2-5H,6H2,1H3,(H,10,11). The molecule has 1 aromatic carbocycles. The molecule has 0 amide bonds. The fourth-order valence-electron chi connectivity index (χ4n) is 0.805. The van der Waals surface area contributed by atoms with E-state index < -0.39 is 13.4 Å². The van der Waals surface area contributed by atoms with Gasteiger partial charge in [0.25, 0.3) is 0 Å². The van der Waals surface area contributed by atoms with E-state index in [1.165, 1.54) is 12.1 Å². The minimum Gasteiger partial charge on any atom is -0.324 e. The Bertz CT molecular complexity index is 334. The largest absolute Gasteiger partial charge is 0.325 e. The van der Waals surface area contributed by atoms with Crippen LogP contribution >= 0.6 is 7.60 Å². The van der Waals surface area contributed by atoms with Gasteiger partial charge < -0.3 is 9.42 Å². The van der Waals surface area contributed by atoms with Crippen molar-refractivity contribution in [3.63, 3.8) is 0 Å². The highest BCUT2D eigenvalue weighted by Gasteiger charge is 2.11. The maximum Gasteiger partial charge on any atom is 0.325 e. The minimum absolute atomic E-state index is 0.184. The van der Waals surface area contributed by atoms with Gasteiger partial charge in [0.1, 0.15) is 5.82 Å². The Balaban J connectivity index is 2.65. The first-order valence-corrected chi connectivity index (χ1v) is 5.70. The first kappa shape index (κ1) is 10.4. The van der Waals surface area contributed by atoms with E-state index in [0.717, 1.165) is 6.66 Å². The van der Waals surface area contributed by atoms with E-state index in [4.69, 9.17) is 4.89 Å². The molecule has 0 aromatic heterocycles. The van der Waals surface area contributed by atoms with Crippen LogP contribution in [0.2, 0.25) is 0 Å². The Labute approximate surface area is 75.7 Å². The van der Waals surface area contributed by atoms with Gasteiger partial charge in [-0.15, -0.1) is 0 Å². The summed E-state index contributed by atoms with van der Waals surface area (Å²) in [6, 6.07) is 5.96. The summed E-state index contributed by atoms with van der Waals surface area (Å²) in [6.07, 6.45) is 0. The normalized spacial score (nSPS) is 15.3. The molecule has 0 fully saturated rings. The van der Waals surface area contributed by atoms with Gasteiger partial charge in [-0.25, -0.2) is 4.39 Å². The Morgan fingerprint density at radius 1 is 1.54 bits per heavy atom. The van der Waals surface area contributed by atoms with Crippen molar-refractivity contribution in [3.05, 3.63) is 35.6 Å². The van der Waals surface area contributed by atoms with Gasteiger partial charge in [-0.05, 0) is 6.07 Å². The maximum atomic E-state index is 12.9. The van der Waals surface area contributed by atoms with Crippen LogP contribution in [-0.4, -0.2) is 11.6 Å². The molecule has 0 heterocycles. The zero-order valence-electron chi connectivity index (χ0n) is 7.11. The third-order valence-electron chi connectivity index (χ3n) is 1.42. The molecule has 72 valence electrons. The molecule has 0 aliphatic rings. The molecule has 13 heavy (non-hydrogen) atoms. The quantitative estimate of drug-likeness (QED) is 0.767. The average molecular weight is 204 g/mol. The van der Waals surface area contributed by atoms with Gasteiger partial charge in [0.05, 0.1) is 6.61 Å². The molecule has 5 heteroatoms. The monoisotopic (exact) mass is 204 g/mol. The first-order chi connectivity index (χ1) is 5.99. The van der Waals surface area contributed by atoms with Crippen LogP contribution in [0.3, 0.4) is 0 Å². The third kappa shape index (κ3) is 3.68. The lowest BCUT2D eigenvalue weighted by molar-refractivity contribution is 0.252. The second-order valence-corrected chi connectivity index (χ2v) is 4.53. The van der Waals surface area contributed by atoms with Gasteiger partial charge in [0.2, 0.25) is 0 Å². The molecule has 0 saturated carbocycles. The first-order valence-electron chi connectivity index (χ1n) is 3.67. The third-order valence-corrected chi connectivity index (χ3v) is 2.03. The Hall–Kier alpha value is -0.700. The van der Waals surface area contributed by atoms with E-state index in [0.29, 0.717) is 0 Å². The van der Waals surface area contributed by atoms with Crippen LogP contribution in [0.15, 0.2) is 24.3 Å². The van der Waals surface area contributed by atoms with E-state index in [-0.39, 0.29) is 12.2 Å². The van der Waals surface area contributed by atoms with E-state index in [9.17, 15) is 8.96 Å². The van der Waals surface area contributed by atoms with Gasteiger partial charge in [0.15, 0.2) is 0 Å². The zero-order chi connectivity index (χ0) is 9.90. The smallest absolute Gasteiger partial charge is 0.324 e. The van der Waals surface area contributed by atoms with Crippen molar-refractivity contribution >= 4 is 7.60 Å².